The topological polar surface area (TPSA) is 48.0 Å². The normalized spacial score (nSPS) is 13.0. The number of rotatable bonds is 5. The van der Waals surface area contributed by atoms with Gasteiger partial charge in [-0.15, -0.1) is 13.2 Å². The lowest BCUT2D eigenvalue weighted by Crippen LogP contribution is -2.24. The third kappa shape index (κ3) is 4.93. The summed E-state index contributed by atoms with van der Waals surface area (Å²) in [4.78, 5) is 13.7. The summed E-state index contributed by atoms with van der Waals surface area (Å²) >= 11 is 0. The number of alkyl halides is 3. The van der Waals surface area contributed by atoms with Gasteiger partial charge in [-0.3, -0.25) is 4.79 Å². The fourth-order valence-electron chi connectivity index (χ4n) is 2.52. The molecule has 0 unspecified atom stereocenters. The number of ether oxygens (including phenoxy) is 3. The van der Waals surface area contributed by atoms with Gasteiger partial charge in [-0.1, -0.05) is 24.3 Å². The van der Waals surface area contributed by atoms with Gasteiger partial charge in [0.2, 0.25) is 12.7 Å². The third-order valence-corrected chi connectivity index (χ3v) is 3.78. The molecule has 8 heteroatoms. The summed E-state index contributed by atoms with van der Waals surface area (Å²) in [5, 5.41) is 0. The number of halogens is 3. The van der Waals surface area contributed by atoms with Gasteiger partial charge in [0.15, 0.2) is 11.5 Å². The van der Waals surface area contributed by atoms with Crippen LogP contribution < -0.4 is 14.2 Å². The van der Waals surface area contributed by atoms with Crippen LogP contribution in [0, 0.1) is 0 Å². The second kappa shape index (κ2) is 7.61. The van der Waals surface area contributed by atoms with E-state index in [0.717, 1.165) is 5.56 Å². The van der Waals surface area contributed by atoms with E-state index >= 15 is 0 Å². The van der Waals surface area contributed by atoms with Crippen LogP contribution in [0.2, 0.25) is 0 Å². The minimum atomic E-state index is -4.80. The molecular weight excluding hydrogens is 363 g/mol. The van der Waals surface area contributed by atoms with Crippen molar-refractivity contribution in [1.29, 1.82) is 0 Å². The van der Waals surface area contributed by atoms with Crippen molar-refractivity contribution in [2.45, 2.75) is 12.9 Å². The van der Waals surface area contributed by atoms with Crippen molar-refractivity contribution in [3.8, 4) is 17.2 Å². The molecule has 0 aliphatic carbocycles. The maximum atomic E-state index is 12.4. The first-order valence-electron chi connectivity index (χ1n) is 7.98. The van der Waals surface area contributed by atoms with Gasteiger partial charge in [-0.25, -0.2) is 0 Å². The number of carbonyl (C=O) groups is 1. The lowest BCUT2D eigenvalue weighted by atomic mass is 10.1. The molecule has 142 valence electrons. The molecule has 0 saturated heterocycles. The zero-order valence-electron chi connectivity index (χ0n) is 14.3. The molecule has 5 nitrogen and oxygen atoms in total. The Labute approximate surface area is 153 Å². The van der Waals surface area contributed by atoms with Gasteiger partial charge in [0.05, 0.1) is 0 Å². The summed E-state index contributed by atoms with van der Waals surface area (Å²) < 4.78 is 51.8. The Morgan fingerprint density at radius 3 is 2.70 bits per heavy atom. The monoisotopic (exact) mass is 379 g/mol. The van der Waals surface area contributed by atoms with E-state index in [9.17, 15) is 18.0 Å². The van der Waals surface area contributed by atoms with Crippen molar-refractivity contribution in [3.63, 3.8) is 0 Å². The Kier molecular flexibility index (Phi) is 5.25. The van der Waals surface area contributed by atoms with Crippen molar-refractivity contribution >= 4 is 12.0 Å². The molecular formula is C19H16F3NO4. The molecule has 3 rings (SSSR count). The van der Waals surface area contributed by atoms with Crippen LogP contribution in [-0.2, 0) is 11.3 Å². The minimum Gasteiger partial charge on any atom is -0.454 e. The average Bonchev–Trinajstić information content (AvgIpc) is 3.07. The van der Waals surface area contributed by atoms with Crippen molar-refractivity contribution < 1.29 is 32.2 Å². The summed E-state index contributed by atoms with van der Waals surface area (Å²) in [6.07, 6.45) is -2.31. The van der Waals surface area contributed by atoms with E-state index in [1.54, 1.807) is 25.2 Å². The maximum absolute atomic E-state index is 12.4. The molecule has 1 heterocycles. The zero-order valence-corrected chi connectivity index (χ0v) is 14.3. The van der Waals surface area contributed by atoms with Crippen LogP contribution in [-0.4, -0.2) is 31.0 Å². The first kappa shape index (κ1) is 18.6. The Balaban J connectivity index is 1.66. The van der Waals surface area contributed by atoms with Gasteiger partial charge in [-0.2, -0.15) is 0 Å². The zero-order chi connectivity index (χ0) is 19.4. The molecule has 2 aromatic carbocycles. The predicted octanol–water partition coefficient (Wildman–Crippen LogP) is 3.99. The molecule has 0 fully saturated rings. The van der Waals surface area contributed by atoms with E-state index in [2.05, 4.69) is 4.74 Å². The van der Waals surface area contributed by atoms with Crippen LogP contribution in [0.5, 0.6) is 17.2 Å². The van der Waals surface area contributed by atoms with Crippen LogP contribution in [0.15, 0.2) is 48.5 Å². The number of benzene rings is 2. The number of amides is 1. The number of hydrogen-bond acceptors (Lipinski definition) is 4. The van der Waals surface area contributed by atoms with Crippen LogP contribution in [0.1, 0.15) is 11.1 Å². The molecule has 0 aromatic heterocycles. The van der Waals surface area contributed by atoms with E-state index in [0.29, 0.717) is 18.0 Å². The Bertz CT molecular complexity index is 864. The summed E-state index contributed by atoms with van der Waals surface area (Å²) in [6.45, 7) is 0.468. The number of hydrogen-bond donors (Lipinski definition) is 0. The fourth-order valence-corrected chi connectivity index (χ4v) is 2.52. The van der Waals surface area contributed by atoms with Crippen molar-refractivity contribution in [2.75, 3.05) is 13.8 Å². The number of nitrogens with zero attached hydrogens (tertiary/aromatic N) is 1. The van der Waals surface area contributed by atoms with Gasteiger partial charge in [0, 0.05) is 25.2 Å². The quantitative estimate of drug-likeness (QED) is 0.738. The molecule has 0 saturated carbocycles. The van der Waals surface area contributed by atoms with Crippen LogP contribution in [0.4, 0.5) is 13.2 Å². The van der Waals surface area contributed by atoms with Crippen molar-refractivity contribution in [1.82, 2.24) is 4.90 Å². The summed E-state index contributed by atoms with van der Waals surface area (Å²) in [7, 11) is 1.59. The molecule has 0 atom stereocenters. The van der Waals surface area contributed by atoms with E-state index in [4.69, 9.17) is 9.47 Å². The Hall–Kier alpha value is -3.16. The van der Waals surface area contributed by atoms with Gasteiger partial charge in [0.1, 0.15) is 5.75 Å². The molecule has 0 N–H and O–H groups in total. The SMILES string of the molecule is CN(Cc1ccc2c(c1)OCO2)C(=O)/C=C/c1ccccc1OC(F)(F)F. The van der Waals surface area contributed by atoms with E-state index in [1.807, 2.05) is 6.07 Å². The highest BCUT2D eigenvalue weighted by Gasteiger charge is 2.31. The van der Waals surface area contributed by atoms with E-state index in [-0.39, 0.29) is 24.0 Å². The molecule has 2 aromatic rings. The van der Waals surface area contributed by atoms with Gasteiger partial charge in [-0.05, 0) is 29.8 Å². The molecule has 1 amide bonds. The Morgan fingerprint density at radius 1 is 1.19 bits per heavy atom. The summed E-state index contributed by atoms with van der Waals surface area (Å²) in [5.74, 6) is 0.526. The van der Waals surface area contributed by atoms with Crippen molar-refractivity contribution in [2.24, 2.45) is 0 Å². The third-order valence-electron chi connectivity index (χ3n) is 3.78. The van der Waals surface area contributed by atoms with Crippen molar-refractivity contribution in [3.05, 3.63) is 59.7 Å². The van der Waals surface area contributed by atoms with Gasteiger partial charge in [0.25, 0.3) is 0 Å². The average molecular weight is 379 g/mol. The number of likely N-dealkylation sites (N-methyl/N-ethyl adjacent to an activating group) is 1. The summed E-state index contributed by atoms with van der Waals surface area (Å²) in [6, 6.07) is 11.0. The lowest BCUT2D eigenvalue weighted by molar-refractivity contribution is -0.274. The summed E-state index contributed by atoms with van der Waals surface area (Å²) in [5.41, 5.74) is 0.990. The minimum absolute atomic E-state index is 0.152. The molecule has 0 spiro atoms. The smallest absolute Gasteiger partial charge is 0.454 e. The lowest BCUT2D eigenvalue weighted by Gasteiger charge is -2.15. The second-order valence-corrected chi connectivity index (χ2v) is 5.80. The molecule has 0 radical (unpaired) electrons. The number of fused-ring (bicyclic) bond motifs is 1. The van der Waals surface area contributed by atoms with E-state index in [1.165, 1.54) is 35.3 Å². The number of carbonyl (C=O) groups excluding carboxylic acids is 1. The number of para-hydroxylation sites is 1. The highest BCUT2D eigenvalue weighted by Crippen LogP contribution is 2.32. The maximum Gasteiger partial charge on any atom is 0.573 e. The molecule has 27 heavy (non-hydrogen) atoms. The van der Waals surface area contributed by atoms with Crippen LogP contribution in [0.3, 0.4) is 0 Å². The fraction of sp³-hybridized carbons (Fsp3) is 0.211. The Morgan fingerprint density at radius 2 is 1.93 bits per heavy atom. The standard InChI is InChI=1S/C19H16F3NO4/c1-23(11-13-6-8-16-17(10-13)26-12-25-16)18(24)9-7-14-4-2-3-5-15(14)27-19(20,21)22/h2-10H,11-12H2,1H3/b9-7+. The van der Waals surface area contributed by atoms with Crippen LogP contribution in [0.25, 0.3) is 6.08 Å². The predicted molar refractivity (Wildman–Crippen MR) is 91.2 cm³/mol. The second-order valence-electron chi connectivity index (χ2n) is 5.80. The highest BCUT2D eigenvalue weighted by molar-refractivity contribution is 5.92. The van der Waals surface area contributed by atoms with E-state index < -0.39 is 6.36 Å². The van der Waals surface area contributed by atoms with Gasteiger partial charge >= 0.3 is 6.36 Å². The van der Waals surface area contributed by atoms with Crippen LogP contribution >= 0.6 is 0 Å². The molecule has 1 aliphatic heterocycles. The largest absolute Gasteiger partial charge is 0.573 e. The van der Waals surface area contributed by atoms with Gasteiger partial charge < -0.3 is 19.1 Å². The first-order valence-corrected chi connectivity index (χ1v) is 7.98. The highest BCUT2D eigenvalue weighted by atomic mass is 19.4. The molecule has 0 bridgehead atoms. The molecule has 1 aliphatic rings. The first-order chi connectivity index (χ1) is 12.8.